The minimum Gasteiger partial charge on any atom is -0.397 e. The van der Waals surface area contributed by atoms with Crippen molar-refractivity contribution in [1.29, 1.82) is 0 Å². The summed E-state index contributed by atoms with van der Waals surface area (Å²) < 4.78 is 0. The number of nitrogen functional groups attached to an aromatic ring is 1. The molecule has 1 aliphatic rings. The minimum absolute atomic E-state index is 0.138. The number of carbonyl (C=O) groups is 1. The van der Waals surface area contributed by atoms with Crippen molar-refractivity contribution in [2.45, 2.75) is 32.2 Å². The van der Waals surface area contributed by atoms with Crippen LogP contribution in [0.4, 0.5) is 11.4 Å². The molecule has 1 aromatic carbocycles. The number of piperidine rings is 1. The zero-order chi connectivity index (χ0) is 14.8. The molecule has 0 saturated carbocycles. The molecule has 3 rings (SSSR count). The second kappa shape index (κ2) is 5.63. The number of amides is 1. The van der Waals surface area contributed by atoms with Crippen LogP contribution in [0, 0.1) is 0 Å². The van der Waals surface area contributed by atoms with Crippen LogP contribution in [0.15, 0.2) is 18.3 Å². The van der Waals surface area contributed by atoms with E-state index < -0.39 is 0 Å². The van der Waals surface area contributed by atoms with Gasteiger partial charge in [0.1, 0.15) is 6.04 Å². The van der Waals surface area contributed by atoms with E-state index in [1.54, 1.807) is 6.20 Å². The van der Waals surface area contributed by atoms with E-state index in [-0.39, 0.29) is 11.9 Å². The molecule has 1 unspecified atom stereocenters. The molecular formula is C15H21N5O. The smallest absolute Gasteiger partial charge is 0.244 e. The number of nitrogens with one attached hydrogen (secondary N) is 2. The summed E-state index contributed by atoms with van der Waals surface area (Å²) in [5, 5.41) is 11.1. The van der Waals surface area contributed by atoms with Gasteiger partial charge in [-0.25, -0.2) is 0 Å². The first-order chi connectivity index (χ1) is 10.1. The first kappa shape index (κ1) is 13.7. The van der Waals surface area contributed by atoms with E-state index in [1.165, 1.54) is 6.42 Å². The second-order valence-corrected chi connectivity index (χ2v) is 5.65. The summed E-state index contributed by atoms with van der Waals surface area (Å²) in [4.78, 5) is 14.4. The highest BCUT2D eigenvalue weighted by atomic mass is 16.2. The molecule has 1 aliphatic heterocycles. The Bertz CT molecular complexity index is 645. The molecule has 0 bridgehead atoms. The number of carbonyl (C=O) groups excluding carboxylic acids is 1. The lowest BCUT2D eigenvalue weighted by molar-refractivity contribution is -0.132. The fourth-order valence-electron chi connectivity index (χ4n) is 2.82. The third-order valence-electron chi connectivity index (χ3n) is 4.02. The predicted molar refractivity (Wildman–Crippen MR) is 84.0 cm³/mol. The molecule has 4 N–H and O–H groups in total. The lowest BCUT2D eigenvalue weighted by atomic mass is 10.1. The van der Waals surface area contributed by atoms with Gasteiger partial charge in [-0.1, -0.05) is 0 Å². The van der Waals surface area contributed by atoms with Crippen LogP contribution in [-0.2, 0) is 4.79 Å². The summed E-state index contributed by atoms with van der Waals surface area (Å²) in [5.41, 5.74) is 8.35. The number of nitrogens with zero attached hydrogens (tertiary/aromatic N) is 2. The molecule has 1 atom stereocenters. The van der Waals surface area contributed by atoms with Gasteiger partial charge in [-0.05, 0) is 38.3 Å². The van der Waals surface area contributed by atoms with Gasteiger partial charge in [0.2, 0.25) is 5.91 Å². The number of likely N-dealkylation sites (tertiary alicyclic amines) is 1. The van der Waals surface area contributed by atoms with Crippen LogP contribution in [-0.4, -0.2) is 40.1 Å². The summed E-state index contributed by atoms with van der Waals surface area (Å²) in [6, 6.07) is 3.47. The van der Waals surface area contributed by atoms with E-state index in [2.05, 4.69) is 15.5 Å². The SMILES string of the molecule is CC(Nc1cc2[nH]ncc2cc1N)C(=O)N1CCCCC1. The number of hydrogen-bond donors (Lipinski definition) is 3. The summed E-state index contributed by atoms with van der Waals surface area (Å²) in [6.45, 7) is 3.60. The fraction of sp³-hybridized carbons (Fsp3) is 0.467. The van der Waals surface area contributed by atoms with Crippen LogP contribution in [0.25, 0.3) is 10.9 Å². The van der Waals surface area contributed by atoms with Crippen molar-refractivity contribution in [2.75, 3.05) is 24.1 Å². The lowest BCUT2D eigenvalue weighted by Crippen LogP contribution is -2.43. The minimum atomic E-state index is -0.286. The maximum atomic E-state index is 12.4. The topological polar surface area (TPSA) is 87.0 Å². The Labute approximate surface area is 123 Å². The summed E-state index contributed by atoms with van der Waals surface area (Å²) in [6.07, 6.45) is 5.15. The number of H-pyrrole nitrogens is 1. The zero-order valence-electron chi connectivity index (χ0n) is 12.2. The molecule has 0 aliphatic carbocycles. The van der Waals surface area contributed by atoms with Gasteiger partial charge in [-0.2, -0.15) is 5.10 Å². The van der Waals surface area contributed by atoms with E-state index in [0.29, 0.717) is 5.69 Å². The number of fused-ring (bicyclic) bond motifs is 1. The van der Waals surface area contributed by atoms with Crippen LogP contribution < -0.4 is 11.1 Å². The van der Waals surface area contributed by atoms with Crippen LogP contribution in [0.3, 0.4) is 0 Å². The number of hydrogen-bond acceptors (Lipinski definition) is 4. The largest absolute Gasteiger partial charge is 0.397 e. The van der Waals surface area contributed by atoms with E-state index in [4.69, 9.17) is 5.73 Å². The number of benzene rings is 1. The highest BCUT2D eigenvalue weighted by Gasteiger charge is 2.22. The molecule has 6 nitrogen and oxygen atoms in total. The van der Waals surface area contributed by atoms with Gasteiger partial charge in [0.25, 0.3) is 0 Å². The van der Waals surface area contributed by atoms with E-state index >= 15 is 0 Å². The molecule has 2 heterocycles. The average molecular weight is 287 g/mol. The standard InChI is InChI=1S/C15H21N5O/c1-10(15(21)20-5-3-2-4-6-20)18-14-8-13-11(7-12(14)16)9-17-19-13/h7-10,18H,2-6,16H2,1H3,(H,17,19). The first-order valence-electron chi connectivity index (χ1n) is 7.43. The second-order valence-electron chi connectivity index (χ2n) is 5.65. The maximum Gasteiger partial charge on any atom is 0.244 e. The summed E-state index contributed by atoms with van der Waals surface area (Å²) in [7, 11) is 0. The first-order valence-corrected chi connectivity index (χ1v) is 7.43. The number of rotatable bonds is 3. The fourth-order valence-corrected chi connectivity index (χ4v) is 2.82. The monoisotopic (exact) mass is 287 g/mol. The number of anilines is 2. The number of nitrogens with two attached hydrogens (primary N) is 1. The molecule has 0 spiro atoms. The molecular weight excluding hydrogens is 266 g/mol. The Hall–Kier alpha value is -2.24. The Balaban J connectivity index is 1.74. The van der Waals surface area contributed by atoms with Crippen molar-refractivity contribution >= 4 is 28.2 Å². The van der Waals surface area contributed by atoms with Gasteiger partial charge in [-0.15, -0.1) is 0 Å². The van der Waals surface area contributed by atoms with Crippen molar-refractivity contribution < 1.29 is 4.79 Å². The molecule has 6 heteroatoms. The quantitative estimate of drug-likeness (QED) is 0.753. The van der Waals surface area contributed by atoms with Crippen LogP contribution in [0.1, 0.15) is 26.2 Å². The van der Waals surface area contributed by atoms with Crippen molar-refractivity contribution in [3.8, 4) is 0 Å². The number of aromatic nitrogens is 2. The van der Waals surface area contributed by atoms with Gasteiger partial charge in [0.05, 0.1) is 23.1 Å². The average Bonchev–Trinajstić information content (AvgIpc) is 2.94. The molecule has 1 fully saturated rings. The molecule has 1 saturated heterocycles. The molecule has 21 heavy (non-hydrogen) atoms. The Morgan fingerprint density at radius 2 is 2.14 bits per heavy atom. The predicted octanol–water partition coefficient (Wildman–Crippen LogP) is 1.96. The van der Waals surface area contributed by atoms with Crippen LogP contribution >= 0.6 is 0 Å². The number of aromatic amines is 1. The Kier molecular flexibility index (Phi) is 3.68. The molecule has 2 aromatic rings. The third-order valence-corrected chi connectivity index (χ3v) is 4.02. The Morgan fingerprint density at radius 1 is 1.38 bits per heavy atom. The zero-order valence-corrected chi connectivity index (χ0v) is 12.2. The normalized spacial score (nSPS) is 16.9. The maximum absolute atomic E-state index is 12.4. The molecule has 112 valence electrons. The van der Waals surface area contributed by atoms with Crippen LogP contribution in [0.2, 0.25) is 0 Å². The van der Waals surface area contributed by atoms with Gasteiger partial charge in [-0.3, -0.25) is 9.89 Å². The summed E-state index contributed by atoms with van der Waals surface area (Å²) in [5.74, 6) is 0.138. The van der Waals surface area contributed by atoms with Crippen molar-refractivity contribution in [3.63, 3.8) is 0 Å². The highest BCUT2D eigenvalue weighted by molar-refractivity contribution is 5.91. The van der Waals surface area contributed by atoms with Gasteiger partial charge in [0.15, 0.2) is 0 Å². The molecule has 0 radical (unpaired) electrons. The summed E-state index contributed by atoms with van der Waals surface area (Å²) >= 11 is 0. The lowest BCUT2D eigenvalue weighted by Gasteiger charge is -2.30. The third kappa shape index (κ3) is 2.79. The Morgan fingerprint density at radius 3 is 2.90 bits per heavy atom. The molecule has 1 amide bonds. The highest BCUT2D eigenvalue weighted by Crippen LogP contribution is 2.25. The van der Waals surface area contributed by atoms with Crippen molar-refractivity contribution in [2.24, 2.45) is 0 Å². The van der Waals surface area contributed by atoms with Crippen molar-refractivity contribution in [3.05, 3.63) is 18.3 Å². The van der Waals surface area contributed by atoms with E-state index in [0.717, 1.165) is 42.5 Å². The van der Waals surface area contributed by atoms with E-state index in [9.17, 15) is 4.79 Å². The van der Waals surface area contributed by atoms with E-state index in [1.807, 2.05) is 24.0 Å². The van der Waals surface area contributed by atoms with Gasteiger partial charge < -0.3 is 16.0 Å². The van der Waals surface area contributed by atoms with Gasteiger partial charge in [0, 0.05) is 18.5 Å². The van der Waals surface area contributed by atoms with Gasteiger partial charge >= 0.3 is 0 Å². The molecule has 1 aromatic heterocycles. The van der Waals surface area contributed by atoms with Crippen molar-refractivity contribution in [1.82, 2.24) is 15.1 Å². The van der Waals surface area contributed by atoms with Crippen LogP contribution in [0.5, 0.6) is 0 Å².